The Hall–Kier alpha value is -3.59. The largest absolute Gasteiger partial charge is 0.496 e. The van der Waals surface area contributed by atoms with Gasteiger partial charge in [0.25, 0.3) is 5.91 Å². The van der Waals surface area contributed by atoms with E-state index in [-0.39, 0.29) is 22.8 Å². The summed E-state index contributed by atoms with van der Waals surface area (Å²) < 4.78 is 33.5. The second-order valence-corrected chi connectivity index (χ2v) is 6.94. The number of anilines is 2. The Morgan fingerprint density at radius 2 is 1.97 bits per heavy atom. The van der Waals surface area contributed by atoms with Gasteiger partial charge in [-0.3, -0.25) is 4.79 Å². The molecule has 160 valence electrons. The van der Waals surface area contributed by atoms with E-state index in [1.807, 2.05) is 0 Å². The number of carbonyl (C=O) groups excluding carboxylic acids is 1. The topological polar surface area (TPSA) is 79.4 Å². The van der Waals surface area contributed by atoms with Crippen molar-refractivity contribution in [1.29, 1.82) is 0 Å². The van der Waals surface area contributed by atoms with Crippen LogP contribution in [0.2, 0.25) is 0 Å². The highest BCUT2D eigenvalue weighted by atomic mass is 19.1. The van der Waals surface area contributed by atoms with Crippen molar-refractivity contribution in [2.75, 3.05) is 43.5 Å². The van der Waals surface area contributed by atoms with Crippen molar-refractivity contribution in [2.24, 2.45) is 0 Å². The number of hydrogen-bond acceptors (Lipinski definition) is 6. The number of piperazine rings is 1. The first-order chi connectivity index (χ1) is 15.1. The predicted molar refractivity (Wildman–Crippen MR) is 113 cm³/mol. The molecule has 7 nitrogen and oxygen atoms in total. The van der Waals surface area contributed by atoms with Gasteiger partial charge >= 0.3 is 0 Å². The summed E-state index contributed by atoms with van der Waals surface area (Å²) in [5.41, 5.74) is 1.15. The van der Waals surface area contributed by atoms with Crippen molar-refractivity contribution in [3.63, 3.8) is 0 Å². The molecule has 2 heterocycles. The van der Waals surface area contributed by atoms with Crippen LogP contribution < -0.4 is 20.3 Å². The van der Waals surface area contributed by atoms with E-state index in [1.165, 1.54) is 43.6 Å². The first kappa shape index (κ1) is 20.7. The van der Waals surface area contributed by atoms with Crippen LogP contribution in [0.4, 0.5) is 20.2 Å². The van der Waals surface area contributed by atoms with Gasteiger partial charge in [0.1, 0.15) is 23.1 Å². The minimum absolute atomic E-state index is 0.0178. The lowest BCUT2D eigenvalue weighted by molar-refractivity contribution is 0.102. The minimum atomic E-state index is -0.567. The van der Waals surface area contributed by atoms with Gasteiger partial charge < -0.3 is 20.3 Å². The highest BCUT2D eigenvalue weighted by molar-refractivity contribution is 6.04. The Balaban J connectivity index is 1.64. The Kier molecular flexibility index (Phi) is 6.03. The van der Waals surface area contributed by atoms with Gasteiger partial charge in [-0.05, 0) is 36.4 Å². The van der Waals surface area contributed by atoms with Crippen LogP contribution in [0.25, 0.3) is 11.4 Å². The standard InChI is InChI=1S/C22H21F2N5O2/c1-31-19-4-2-3-15(24)20(19)21-26-8-7-16(27-21)22(30)28-17-13-14(23)5-6-18(17)29-11-9-25-10-12-29/h2-8,13,25H,9-12H2,1H3,(H,28,30). The second-order valence-electron chi connectivity index (χ2n) is 6.94. The van der Waals surface area contributed by atoms with Crippen LogP contribution in [0.3, 0.4) is 0 Å². The third-order valence-electron chi connectivity index (χ3n) is 4.97. The van der Waals surface area contributed by atoms with Crippen molar-refractivity contribution >= 4 is 17.3 Å². The third-order valence-corrected chi connectivity index (χ3v) is 4.97. The number of ether oxygens (including phenoxy) is 1. The second kappa shape index (κ2) is 9.05. The molecule has 0 aliphatic carbocycles. The Morgan fingerprint density at radius 1 is 1.16 bits per heavy atom. The van der Waals surface area contributed by atoms with E-state index in [0.29, 0.717) is 5.69 Å². The summed E-state index contributed by atoms with van der Waals surface area (Å²) in [6.07, 6.45) is 1.37. The molecule has 2 N–H and O–H groups in total. The number of hydrogen-bond donors (Lipinski definition) is 2. The average molecular weight is 425 g/mol. The summed E-state index contributed by atoms with van der Waals surface area (Å²) in [4.78, 5) is 23.3. The van der Waals surface area contributed by atoms with Crippen molar-refractivity contribution in [3.05, 3.63) is 66.0 Å². The molecule has 0 spiro atoms. The molecule has 2 aromatic carbocycles. The highest BCUT2D eigenvalue weighted by Gasteiger charge is 2.20. The number of aromatic nitrogens is 2. The Morgan fingerprint density at radius 3 is 2.74 bits per heavy atom. The molecule has 0 radical (unpaired) electrons. The first-order valence-electron chi connectivity index (χ1n) is 9.79. The molecule has 1 amide bonds. The highest BCUT2D eigenvalue weighted by Crippen LogP contribution is 2.31. The van der Waals surface area contributed by atoms with E-state index >= 15 is 0 Å². The van der Waals surface area contributed by atoms with Gasteiger partial charge in [-0.1, -0.05) is 6.07 Å². The number of methoxy groups -OCH3 is 1. The summed E-state index contributed by atoms with van der Waals surface area (Å²) in [6, 6.07) is 10.1. The maximum atomic E-state index is 14.4. The van der Waals surface area contributed by atoms with Crippen LogP contribution in [0.15, 0.2) is 48.7 Å². The molecular formula is C22H21F2N5O2. The number of rotatable bonds is 5. The molecule has 31 heavy (non-hydrogen) atoms. The number of amides is 1. The van der Waals surface area contributed by atoms with Gasteiger partial charge in [-0.15, -0.1) is 0 Å². The van der Waals surface area contributed by atoms with Gasteiger partial charge in [0.05, 0.1) is 24.0 Å². The summed E-state index contributed by atoms with van der Waals surface area (Å²) >= 11 is 0. The van der Waals surface area contributed by atoms with Crippen molar-refractivity contribution < 1.29 is 18.3 Å². The lowest BCUT2D eigenvalue weighted by Gasteiger charge is -2.31. The van der Waals surface area contributed by atoms with Gasteiger partial charge in [0.2, 0.25) is 0 Å². The van der Waals surface area contributed by atoms with Crippen LogP contribution >= 0.6 is 0 Å². The molecule has 1 aromatic heterocycles. The van der Waals surface area contributed by atoms with Gasteiger partial charge in [0.15, 0.2) is 5.82 Å². The summed E-state index contributed by atoms with van der Waals surface area (Å²) in [7, 11) is 1.41. The monoisotopic (exact) mass is 425 g/mol. The number of nitrogens with zero attached hydrogens (tertiary/aromatic N) is 3. The quantitative estimate of drug-likeness (QED) is 0.654. The maximum Gasteiger partial charge on any atom is 0.274 e. The SMILES string of the molecule is COc1cccc(F)c1-c1nccc(C(=O)Nc2cc(F)ccc2N2CCNCC2)n1. The molecule has 1 saturated heterocycles. The molecular weight excluding hydrogens is 404 g/mol. The molecule has 0 atom stereocenters. The van der Waals surface area contributed by atoms with Crippen LogP contribution in [0.5, 0.6) is 5.75 Å². The van der Waals surface area contributed by atoms with E-state index in [9.17, 15) is 13.6 Å². The van der Waals surface area contributed by atoms with E-state index < -0.39 is 17.5 Å². The van der Waals surface area contributed by atoms with Gasteiger partial charge in [0, 0.05) is 32.4 Å². The number of carbonyl (C=O) groups is 1. The molecule has 0 unspecified atom stereocenters. The van der Waals surface area contributed by atoms with E-state index in [4.69, 9.17) is 4.74 Å². The summed E-state index contributed by atoms with van der Waals surface area (Å²) in [5, 5.41) is 5.99. The zero-order valence-corrected chi connectivity index (χ0v) is 16.9. The van der Waals surface area contributed by atoms with Crippen LogP contribution in [0.1, 0.15) is 10.5 Å². The Bertz CT molecular complexity index is 1100. The summed E-state index contributed by atoms with van der Waals surface area (Å²) in [5.74, 6) is -1.31. The zero-order chi connectivity index (χ0) is 21.8. The molecule has 9 heteroatoms. The minimum Gasteiger partial charge on any atom is -0.496 e. The van der Waals surface area contributed by atoms with Crippen molar-refractivity contribution in [1.82, 2.24) is 15.3 Å². The number of halogens is 2. The maximum absolute atomic E-state index is 14.4. The number of nitrogens with one attached hydrogen (secondary N) is 2. The molecule has 1 aliphatic heterocycles. The lowest BCUT2D eigenvalue weighted by Crippen LogP contribution is -2.43. The fourth-order valence-electron chi connectivity index (χ4n) is 3.47. The van der Waals surface area contributed by atoms with Crippen LogP contribution in [0, 0.1) is 11.6 Å². The van der Waals surface area contributed by atoms with E-state index in [1.54, 1.807) is 12.1 Å². The van der Waals surface area contributed by atoms with Gasteiger partial charge in [-0.25, -0.2) is 18.7 Å². The molecule has 4 rings (SSSR count). The van der Waals surface area contributed by atoms with E-state index in [0.717, 1.165) is 31.9 Å². The average Bonchev–Trinajstić information content (AvgIpc) is 2.79. The molecule has 0 saturated carbocycles. The van der Waals surface area contributed by atoms with Crippen molar-refractivity contribution in [2.45, 2.75) is 0 Å². The fraction of sp³-hybridized carbons (Fsp3) is 0.227. The lowest BCUT2D eigenvalue weighted by atomic mass is 10.1. The van der Waals surface area contributed by atoms with Crippen LogP contribution in [-0.4, -0.2) is 49.2 Å². The van der Waals surface area contributed by atoms with Gasteiger partial charge in [-0.2, -0.15) is 0 Å². The number of benzene rings is 2. The first-order valence-corrected chi connectivity index (χ1v) is 9.79. The molecule has 1 fully saturated rings. The third kappa shape index (κ3) is 4.46. The molecule has 1 aliphatic rings. The summed E-state index contributed by atoms with van der Waals surface area (Å²) in [6.45, 7) is 3.06. The molecule has 0 bridgehead atoms. The normalized spacial score (nSPS) is 13.7. The van der Waals surface area contributed by atoms with E-state index in [2.05, 4.69) is 25.5 Å². The predicted octanol–water partition coefficient (Wildman–Crippen LogP) is 3.09. The fourth-order valence-corrected chi connectivity index (χ4v) is 3.47. The molecule has 3 aromatic rings. The van der Waals surface area contributed by atoms with Crippen molar-refractivity contribution in [3.8, 4) is 17.1 Å². The Labute approximate surface area is 178 Å². The van der Waals surface area contributed by atoms with Crippen LogP contribution in [-0.2, 0) is 0 Å². The zero-order valence-electron chi connectivity index (χ0n) is 16.9. The smallest absolute Gasteiger partial charge is 0.274 e.